The molecular formula is C11H10ClFO4. The van der Waals surface area contributed by atoms with Crippen molar-refractivity contribution in [2.24, 2.45) is 0 Å². The Kier molecular flexibility index (Phi) is 4.45. The second kappa shape index (κ2) is 5.63. The molecule has 6 heteroatoms. The van der Waals surface area contributed by atoms with E-state index in [1.165, 1.54) is 20.1 Å². The van der Waals surface area contributed by atoms with Crippen molar-refractivity contribution in [2.45, 2.75) is 6.92 Å². The lowest BCUT2D eigenvalue weighted by Gasteiger charge is -2.08. The molecule has 0 unspecified atom stereocenters. The molecule has 92 valence electrons. The summed E-state index contributed by atoms with van der Waals surface area (Å²) in [6.07, 6.45) is 0. The predicted molar refractivity (Wildman–Crippen MR) is 58.9 cm³/mol. The number of hydrogen-bond acceptors (Lipinski definition) is 4. The van der Waals surface area contributed by atoms with Crippen LogP contribution in [0.25, 0.3) is 0 Å². The molecule has 0 N–H and O–H groups in total. The number of ether oxygens (including phenoxy) is 2. The zero-order valence-corrected chi connectivity index (χ0v) is 10.0. The first kappa shape index (κ1) is 13.4. The average Bonchev–Trinajstić information content (AvgIpc) is 2.29. The minimum Gasteiger partial charge on any atom is -0.495 e. The first-order chi connectivity index (χ1) is 8.02. The van der Waals surface area contributed by atoms with Gasteiger partial charge in [0, 0.05) is 0 Å². The van der Waals surface area contributed by atoms with Gasteiger partial charge in [-0.1, -0.05) is 11.6 Å². The molecule has 0 atom stereocenters. The number of benzene rings is 1. The SMILES string of the molecule is CCOC(=O)C(=O)c1c(F)ccc(OC)c1Cl. The number of esters is 1. The fourth-order valence-electron chi connectivity index (χ4n) is 1.20. The quantitative estimate of drug-likeness (QED) is 0.473. The van der Waals surface area contributed by atoms with E-state index in [2.05, 4.69) is 4.74 Å². The van der Waals surface area contributed by atoms with Gasteiger partial charge in [-0.2, -0.15) is 0 Å². The van der Waals surface area contributed by atoms with Crippen molar-refractivity contribution in [3.8, 4) is 5.75 Å². The molecular weight excluding hydrogens is 251 g/mol. The molecule has 4 nitrogen and oxygen atoms in total. The smallest absolute Gasteiger partial charge is 0.379 e. The summed E-state index contributed by atoms with van der Waals surface area (Å²) in [5.41, 5.74) is -0.538. The second-order valence-electron chi connectivity index (χ2n) is 2.99. The number of methoxy groups -OCH3 is 1. The van der Waals surface area contributed by atoms with Crippen LogP contribution in [0, 0.1) is 5.82 Å². The van der Waals surface area contributed by atoms with Gasteiger partial charge in [0.25, 0.3) is 5.78 Å². The zero-order chi connectivity index (χ0) is 13.0. The van der Waals surface area contributed by atoms with Gasteiger partial charge >= 0.3 is 5.97 Å². The molecule has 0 spiro atoms. The summed E-state index contributed by atoms with van der Waals surface area (Å²) in [6, 6.07) is 2.26. The van der Waals surface area contributed by atoms with Crippen molar-refractivity contribution in [2.75, 3.05) is 13.7 Å². The summed E-state index contributed by atoms with van der Waals surface area (Å²) in [7, 11) is 1.32. The van der Waals surface area contributed by atoms with E-state index in [1.807, 2.05) is 0 Å². The Hall–Kier alpha value is -1.62. The van der Waals surface area contributed by atoms with Crippen LogP contribution in [-0.2, 0) is 9.53 Å². The van der Waals surface area contributed by atoms with E-state index in [9.17, 15) is 14.0 Å². The fraction of sp³-hybridized carbons (Fsp3) is 0.273. The summed E-state index contributed by atoms with van der Waals surface area (Å²) >= 11 is 5.76. The monoisotopic (exact) mass is 260 g/mol. The maximum absolute atomic E-state index is 13.4. The van der Waals surface area contributed by atoms with E-state index in [0.717, 1.165) is 6.07 Å². The van der Waals surface area contributed by atoms with Crippen LogP contribution in [0.2, 0.25) is 5.02 Å². The van der Waals surface area contributed by atoms with Crippen molar-refractivity contribution in [1.82, 2.24) is 0 Å². The zero-order valence-electron chi connectivity index (χ0n) is 9.25. The van der Waals surface area contributed by atoms with Crippen molar-refractivity contribution in [3.63, 3.8) is 0 Å². The van der Waals surface area contributed by atoms with Crippen molar-refractivity contribution >= 4 is 23.4 Å². The van der Waals surface area contributed by atoms with E-state index in [-0.39, 0.29) is 17.4 Å². The Morgan fingerprint density at radius 1 is 1.41 bits per heavy atom. The number of hydrogen-bond donors (Lipinski definition) is 0. The molecule has 17 heavy (non-hydrogen) atoms. The molecule has 0 bridgehead atoms. The third-order valence-electron chi connectivity index (χ3n) is 1.96. The highest BCUT2D eigenvalue weighted by Gasteiger charge is 2.26. The average molecular weight is 261 g/mol. The van der Waals surface area contributed by atoms with Crippen molar-refractivity contribution < 1.29 is 23.5 Å². The molecule has 0 heterocycles. The minimum absolute atomic E-state index is 0.0216. The number of carbonyl (C=O) groups is 2. The molecule has 0 amide bonds. The number of Topliss-reactive ketones (excluding diaryl/α,β-unsaturated/α-hetero) is 1. The van der Waals surface area contributed by atoms with Gasteiger partial charge in [0.2, 0.25) is 0 Å². The highest BCUT2D eigenvalue weighted by Crippen LogP contribution is 2.30. The van der Waals surface area contributed by atoms with Gasteiger partial charge in [0.1, 0.15) is 11.6 Å². The summed E-state index contributed by atoms with van der Waals surface area (Å²) in [6.45, 7) is 1.56. The highest BCUT2D eigenvalue weighted by atomic mass is 35.5. The Morgan fingerprint density at radius 2 is 2.06 bits per heavy atom. The van der Waals surface area contributed by atoms with Gasteiger partial charge in [-0.25, -0.2) is 9.18 Å². The topological polar surface area (TPSA) is 52.6 Å². The van der Waals surface area contributed by atoms with Gasteiger partial charge in [-0.15, -0.1) is 0 Å². The molecule has 1 aromatic carbocycles. The lowest BCUT2D eigenvalue weighted by molar-refractivity contribution is -0.137. The largest absolute Gasteiger partial charge is 0.495 e. The number of carbonyl (C=O) groups excluding carboxylic acids is 2. The van der Waals surface area contributed by atoms with E-state index in [4.69, 9.17) is 16.3 Å². The molecule has 0 aliphatic heterocycles. The standard InChI is InChI=1S/C11H10ClFO4/c1-3-17-11(15)10(14)8-6(13)4-5-7(16-2)9(8)12/h4-5H,3H2,1-2H3. The van der Waals surface area contributed by atoms with Gasteiger partial charge in [-0.3, -0.25) is 4.79 Å². The van der Waals surface area contributed by atoms with Crippen LogP contribution in [0.3, 0.4) is 0 Å². The fourth-order valence-corrected chi connectivity index (χ4v) is 1.51. The third-order valence-corrected chi connectivity index (χ3v) is 2.34. The van der Waals surface area contributed by atoms with Gasteiger partial charge in [-0.05, 0) is 19.1 Å². The predicted octanol–water partition coefficient (Wildman–Crippen LogP) is 2.23. The summed E-state index contributed by atoms with van der Waals surface area (Å²) in [5, 5.41) is -0.245. The lowest BCUT2D eigenvalue weighted by Crippen LogP contribution is -2.19. The first-order valence-corrected chi connectivity index (χ1v) is 5.14. The van der Waals surface area contributed by atoms with Crippen LogP contribution in [-0.4, -0.2) is 25.5 Å². The summed E-state index contributed by atoms with van der Waals surface area (Å²) in [5.74, 6) is -3.07. The summed E-state index contributed by atoms with van der Waals surface area (Å²) < 4.78 is 22.8. The van der Waals surface area contributed by atoms with E-state index < -0.39 is 23.1 Å². The summed E-state index contributed by atoms with van der Waals surface area (Å²) in [4.78, 5) is 22.8. The Labute approximate surface area is 102 Å². The second-order valence-corrected chi connectivity index (χ2v) is 3.37. The Bertz CT molecular complexity index is 459. The van der Waals surface area contributed by atoms with Crippen molar-refractivity contribution in [3.05, 3.63) is 28.5 Å². The van der Waals surface area contributed by atoms with Crippen molar-refractivity contribution in [1.29, 1.82) is 0 Å². The minimum atomic E-state index is -1.15. The molecule has 0 aromatic heterocycles. The van der Waals surface area contributed by atoms with Crippen LogP contribution in [0.15, 0.2) is 12.1 Å². The van der Waals surface area contributed by atoms with E-state index in [1.54, 1.807) is 0 Å². The maximum atomic E-state index is 13.4. The van der Waals surface area contributed by atoms with Gasteiger partial charge in [0.05, 0.1) is 24.3 Å². The Morgan fingerprint density at radius 3 is 2.59 bits per heavy atom. The van der Waals surface area contributed by atoms with Crippen LogP contribution in [0.5, 0.6) is 5.75 Å². The molecule has 0 radical (unpaired) electrons. The molecule has 0 fully saturated rings. The first-order valence-electron chi connectivity index (χ1n) is 4.76. The molecule has 0 aliphatic rings. The number of halogens is 2. The molecule has 0 saturated carbocycles. The van der Waals surface area contributed by atoms with Gasteiger partial charge in [0.15, 0.2) is 0 Å². The number of ketones is 1. The maximum Gasteiger partial charge on any atom is 0.379 e. The van der Waals surface area contributed by atoms with Crippen LogP contribution in [0.1, 0.15) is 17.3 Å². The normalized spacial score (nSPS) is 9.88. The molecule has 1 rings (SSSR count). The molecule has 0 saturated heterocycles. The van der Waals surface area contributed by atoms with Crippen LogP contribution < -0.4 is 4.74 Å². The molecule has 1 aromatic rings. The van der Waals surface area contributed by atoms with Crippen LogP contribution >= 0.6 is 11.6 Å². The van der Waals surface area contributed by atoms with Gasteiger partial charge < -0.3 is 9.47 Å². The Balaban J connectivity index is 3.21. The highest BCUT2D eigenvalue weighted by molar-refractivity contribution is 6.46. The van der Waals surface area contributed by atoms with E-state index >= 15 is 0 Å². The number of rotatable bonds is 4. The third kappa shape index (κ3) is 2.74. The molecule has 0 aliphatic carbocycles. The van der Waals surface area contributed by atoms with Crippen LogP contribution in [0.4, 0.5) is 4.39 Å². The lowest BCUT2D eigenvalue weighted by atomic mass is 10.1. The van der Waals surface area contributed by atoms with E-state index in [0.29, 0.717) is 0 Å².